The third kappa shape index (κ3) is 4.94. The lowest BCUT2D eigenvalue weighted by Crippen LogP contribution is -2.04. The topological polar surface area (TPSA) is 76.8 Å². The predicted octanol–water partition coefficient (Wildman–Crippen LogP) is -0.735. The third-order valence-corrected chi connectivity index (χ3v) is 0.282. The molecular formula is C3H8N4. The maximum absolute atomic E-state index is 5.06. The van der Waals surface area contributed by atoms with Crippen LogP contribution in [-0.4, -0.2) is 12.2 Å². The summed E-state index contributed by atoms with van der Waals surface area (Å²) < 4.78 is 0. The second-order valence-electron chi connectivity index (χ2n) is 1.01. The largest absolute Gasteiger partial charge is 0.388 e. The molecule has 0 unspecified atom stereocenters. The van der Waals surface area contributed by atoms with Crippen LogP contribution in [0.25, 0.3) is 0 Å². The maximum atomic E-state index is 5.06. The molecule has 4 heteroatoms. The van der Waals surface area contributed by atoms with E-state index in [1.165, 1.54) is 0 Å². The predicted molar refractivity (Wildman–Crippen MR) is 30.0 cm³/mol. The fraction of sp³-hybridized carbons (Fsp3) is 0.333. The van der Waals surface area contributed by atoms with Gasteiger partial charge in [-0.05, 0) is 6.92 Å². The van der Waals surface area contributed by atoms with Gasteiger partial charge in [-0.2, -0.15) is 0 Å². The van der Waals surface area contributed by atoms with Gasteiger partial charge in [-0.3, -0.25) is 0 Å². The summed E-state index contributed by atoms with van der Waals surface area (Å²) in [6, 6.07) is 0. The van der Waals surface area contributed by atoms with Crippen molar-refractivity contribution in [1.82, 2.24) is 0 Å². The van der Waals surface area contributed by atoms with Gasteiger partial charge in [0.1, 0.15) is 12.2 Å². The molecule has 40 valence electrons. The van der Waals surface area contributed by atoms with Crippen molar-refractivity contribution in [3.63, 3.8) is 0 Å². The first-order chi connectivity index (χ1) is 3.27. The molecule has 0 aromatic carbocycles. The molecule has 0 rings (SSSR count). The van der Waals surface area contributed by atoms with E-state index in [-0.39, 0.29) is 0 Å². The Hall–Kier alpha value is -1.06. The number of hydrogen-bond acceptors (Lipinski definition) is 2. The van der Waals surface area contributed by atoms with E-state index in [1.807, 2.05) is 0 Å². The Morgan fingerprint density at radius 1 is 1.71 bits per heavy atom. The van der Waals surface area contributed by atoms with Gasteiger partial charge in [-0.15, -0.1) is 10.2 Å². The van der Waals surface area contributed by atoms with Gasteiger partial charge in [-0.25, -0.2) is 0 Å². The summed E-state index contributed by atoms with van der Waals surface area (Å²) >= 11 is 0. The van der Waals surface area contributed by atoms with Gasteiger partial charge >= 0.3 is 0 Å². The minimum Gasteiger partial charge on any atom is -0.388 e. The Labute approximate surface area is 41.9 Å². The van der Waals surface area contributed by atoms with Crippen LogP contribution >= 0.6 is 0 Å². The van der Waals surface area contributed by atoms with Crippen LogP contribution in [-0.2, 0) is 0 Å². The quantitative estimate of drug-likeness (QED) is 0.259. The molecule has 0 aromatic rings. The maximum Gasteiger partial charge on any atom is 0.119 e. The van der Waals surface area contributed by atoms with Crippen LogP contribution in [0, 0.1) is 0 Å². The van der Waals surface area contributed by atoms with E-state index in [0.29, 0.717) is 5.84 Å². The van der Waals surface area contributed by atoms with Gasteiger partial charge in [0.05, 0.1) is 0 Å². The van der Waals surface area contributed by atoms with Crippen LogP contribution in [0.15, 0.2) is 10.2 Å². The summed E-state index contributed by atoms with van der Waals surface area (Å²) in [7, 11) is 0. The summed E-state index contributed by atoms with van der Waals surface area (Å²) in [5.41, 5.74) is 9.88. The number of nitrogens with zero attached hydrogens (tertiary/aromatic N) is 2. The van der Waals surface area contributed by atoms with Crippen molar-refractivity contribution in [1.29, 1.82) is 0 Å². The molecule has 0 saturated heterocycles. The van der Waals surface area contributed by atoms with Crippen LogP contribution < -0.4 is 11.5 Å². The molecule has 0 aromatic heterocycles. The van der Waals surface area contributed by atoms with Crippen LogP contribution in [0.4, 0.5) is 0 Å². The monoisotopic (exact) mass is 100 g/mol. The van der Waals surface area contributed by atoms with Gasteiger partial charge in [-0.1, -0.05) is 0 Å². The molecule has 0 heterocycles. The lowest BCUT2D eigenvalue weighted by Gasteiger charge is -1.78. The molecule has 0 atom stereocenters. The number of amidine groups is 1. The molecule has 0 radical (unpaired) electrons. The standard InChI is InChI=1S/C3H8N4/c1-3(5)7-6-2-4/h2H,1H3,(H2,4,6)(H2,5,7). The van der Waals surface area contributed by atoms with E-state index < -0.39 is 0 Å². The average Bonchev–Trinajstić information content (AvgIpc) is 1.61. The van der Waals surface area contributed by atoms with E-state index >= 15 is 0 Å². The van der Waals surface area contributed by atoms with Crippen molar-refractivity contribution in [2.45, 2.75) is 6.92 Å². The molecular weight excluding hydrogens is 92.1 g/mol. The first-order valence-corrected chi connectivity index (χ1v) is 1.80. The first kappa shape index (κ1) is 5.94. The number of nitrogens with two attached hydrogens (primary N) is 2. The molecule has 4 N–H and O–H groups in total. The SMILES string of the molecule is C/C(N)=N/N=C\N. The lowest BCUT2D eigenvalue weighted by molar-refractivity contribution is 1.22. The van der Waals surface area contributed by atoms with Crippen molar-refractivity contribution >= 4 is 12.2 Å². The van der Waals surface area contributed by atoms with Crippen molar-refractivity contribution in [2.24, 2.45) is 21.7 Å². The minimum absolute atomic E-state index is 0.404. The molecule has 0 bridgehead atoms. The fourth-order valence-corrected chi connectivity index (χ4v) is 0.124. The average molecular weight is 100 g/mol. The molecule has 0 amide bonds. The summed E-state index contributed by atoms with van der Waals surface area (Å²) in [6.45, 7) is 1.63. The van der Waals surface area contributed by atoms with Crippen molar-refractivity contribution in [3.05, 3.63) is 0 Å². The Kier molecular flexibility index (Phi) is 2.67. The van der Waals surface area contributed by atoms with E-state index in [2.05, 4.69) is 10.2 Å². The summed E-state index contributed by atoms with van der Waals surface area (Å²) in [6.07, 6.45) is 1.08. The highest BCUT2D eigenvalue weighted by atomic mass is 15.2. The van der Waals surface area contributed by atoms with Gasteiger partial charge in [0.2, 0.25) is 0 Å². The van der Waals surface area contributed by atoms with Crippen LogP contribution in [0.1, 0.15) is 6.92 Å². The highest BCUT2D eigenvalue weighted by Gasteiger charge is 1.67. The van der Waals surface area contributed by atoms with Gasteiger partial charge < -0.3 is 11.5 Å². The van der Waals surface area contributed by atoms with Crippen LogP contribution in [0.3, 0.4) is 0 Å². The van der Waals surface area contributed by atoms with Crippen molar-refractivity contribution < 1.29 is 0 Å². The Morgan fingerprint density at radius 3 is 2.43 bits per heavy atom. The minimum atomic E-state index is 0.404. The summed E-state index contributed by atoms with van der Waals surface area (Å²) in [5.74, 6) is 0.404. The van der Waals surface area contributed by atoms with Gasteiger partial charge in [0, 0.05) is 0 Å². The van der Waals surface area contributed by atoms with E-state index in [9.17, 15) is 0 Å². The molecule has 0 aliphatic rings. The second-order valence-corrected chi connectivity index (χ2v) is 1.01. The zero-order valence-electron chi connectivity index (χ0n) is 4.13. The molecule has 0 saturated carbocycles. The Bertz CT molecular complexity index is 89.1. The molecule has 4 nitrogen and oxygen atoms in total. The molecule has 0 spiro atoms. The number of rotatable bonds is 1. The third-order valence-electron chi connectivity index (χ3n) is 0.282. The normalized spacial score (nSPS) is 13.0. The van der Waals surface area contributed by atoms with Crippen molar-refractivity contribution in [2.75, 3.05) is 0 Å². The fourth-order valence-electron chi connectivity index (χ4n) is 0.124. The molecule has 0 aliphatic carbocycles. The highest BCUT2D eigenvalue weighted by molar-refractivity contribution is 5.77. The number of hydrogen-bond donors (Lipinski definition) is 2. The summed E-state index contributed by atoms with van der Waals surface area (Å²) in [5, 5.41) is 6.67. The second kappa shape index (κ2) is 3.14. The van der Waals surface area contributed by atoms with Crippen molar-refractivity contribution in [3.8, 4) is 0 Å². The van der Waals surface area contributed by atoms with E-state index in [4.69, 9.17) is 11.5 Å². The van der Waals surface area contributed by atoms with Gasteiger partial charge in [0.15, 0.2) is 0 Å². The van der Waals surface area contributed by atoms with Crippen LogP contribution in [0.2, 0.25) is 0 Å². The van der Waals surface area contributed by atoms with E-state index in [0.717, 1.165) is 6.34 Å². The molecule has 0 aliphatic heterocycles. The first-order valence-electron chi connectivity index (χ1n) is 1.80. The Balaban J connectivity index is 3.46. The zero-order chi connectivity index (χ0) is 5.70. The molecule has 0 fully saturated rings. The molecule has 7 heavy (non-hydrogen) atoms. The zero-order valence-corrected chi connectivity index (χ0v) is 4.13. The smallest absolute Gasteiger partial charge is 0.119 e. The van der Waals surface area contributed by atoms with Gasteiger partial charge in [0.25, 0.3) is 0 Å². The highest BCUT2D eigenvalue weighted by Crippen LogP contribution is 1.64. The van der Waals surface area contributed by atoms with Crippen LogP contribution in [0.5, 0.6) is 0 Å². The lowest BCUT2D eigenvalue weighted by atomic mass is 10.7. The Morgan fingerprint density at radius 2 is 2.29 bits per heavy atom. The van der Waals surface area contributed by atoms with E-state index in [1.54, 1.807) is 6.92 Å². The summed E-state index contributed by atoms with van der Waals surface area (Å²) in [4.78, 5) is 0.